The molecular weight excluding hydrogens is 466 g/mol. The third-order valence-corrected chi connectivity index (χ3v) is 4.80. The van der Waals surface area contributed by atoms with Gasteiger partial charge in [-0.1, -0.05) is 13.0 Å². The Morgan fingerprint density at radius 2 is 1.86 bits per heavy atom. The number of hydrogen-bond acceptors (Lipinski definition) is 6. The molecule has 2 aromatic heterocycles. The van der Waals surface area contributed by atoms with Gasteiger partial charge in [-0.05, 0) is 48.5 Å². The van der Waals surface area contributed by atoms with Crippen molar-refractivity contribution in [3.05, 3.63) is 89.9 Å². The van der Waals surface area contributed by atoms with E-state index in [0.717, 1.165) is 24.3 Å². The first-order valence-corrected chi connectivity index (χ1v) is 10.3. The van der Waals surface area contributed by atoms with Gasteiger partial charge < -0.3 is 10.1 Å². The van der Waals surface area contributed by atoms with E-state index >= 15 is 0 Å². The Morgan fingerprint density at radius 3 is 2.63 bits per heavy atom. The molecule has 0 aliphatic heterocycles. The van der Waals surface area contributed by atoms with Gasteiger partial charge in [-0.25, -0.2) is 24.3 Å². The zero-order chi connectivity index (χ0) is 25.0. The molecule has 7 nitrogen and oxygen atoms in total. The molecule has 4 aromatic rings. The smallest absolute Gasteiger partial charge is 0.416 e. The van der Waals surface area contributed by atoms with Crippen LogP contribution in [0.25, 0.3) is 11.4 Å². The van der Waals surface area contributed by atoms with Crippen LogP contribution in [0.2, 0.25) is 0 Å². The quantitative estimate of drug-likeness (QED) is 0.354. The lowest BCUT2D eigenvalue weighted by Gasteiger charge is -2.12. The number of alkyl halides is 3. The van der Waals surface area contributed by atoms with Crippen molar-refractivity contribution in [2.24, 2.45) is 0 Å². The van der Waals surface area contributed by atoms with Gasteiger partial charge in [0.25, 0.3) is 5.91 Å². The van der Waals surface area contributed by atoms with Crippen LogP contribution in [0.15, 0.2) is 67.1 Å². The minimum absolute atomic E-state index is 0.00455. The second-order valence-corrected chi connectivity index (χ2v) is 7.21. The van der Waals surface area contributed by atoms with E-state index in [2.05, 4.69) is 25.3 Å². The van der Waals surface area contributed by atoms with E-state index in [0.29, 0.717) is 17.8 Å². The summed E-state index contributed by atoms with van der Waals surface area (Å²) in [5.74, 6) is -1.02. The summed E-state index contributed by atoms with van der Waals surface area (Å²) in [5.41, 5.74) is -0.636. The normalized spacial score (nSPS) is 11.2. The molecule has 0 aliphatic carbocycles. The van der Waals surface area contributed by atoms with E-state index in [9.17, 15) is 22.4 Å². The summed E-state index contributed by atoms with van der Waals surface area (Å²) in [5, 5.41) is 2.37. The number of carbonyl (C=O) groups is 1. The number of anilines is 1. The molecule has 4 rings (SSSR count). The van der Waals surface area contributed by atoms with E-state index in [1.54, 1.807) is 12.1 Å². The van der Waals surface area contributed by atoms with Crippen molar-refractivity contribution in [2.45, 2.75) is 19.5 Å². The molecule has 0 unspecified atom stereocenters. The van der Waals surface area contributed by atoms with Crippen LogP contribution in [0, 0.1) is 5.82 Å². The SMILES string of the molecule is CCc1ncnc(-c2cccnc2Oc2cc(C(=O)Nc3cccc(C(F)(F)F)c3)ccc2F)n1. The molecule has 0 bridgehead atoms. The Balaban J connectivity index is 1.60. The Morgan fingerprint density at radius 1 is 1.03 bits per heavy atom. The third kappa shape index (κ3) is 5.57. The summed E-state index contributed by atoms with van der Waals surface area (Å²) in [6.45, 7) is 1.88. The lowest BCUT2D eigenvalue weighted by Crippen LogP contribution is -2.13. The standard InChI is InChI=1S/C24H17F4N5O2/c1-2-20-30-13-31-21(33-20)17-7-4-10-29-23(17)35-19-11-14(8-9-18(19)25)22(34)32-16-6-3-5-15(12-16)24(26,27)28/h3-13H,2H2,1H3,(H,32,34). The van der Waals surface area contributed by atoms with Gasteiger partial charge in [0.05, 0.1) is 11.1 Å². The molecule has 0 aliphatic rings. The van der Waals surface area contributed by atoms with Gasteiger partial charge in [0.1, 0.15) is 12.2 Å². The van der Waals surface area contributed by atoms with Crippen LogP contribution in [-0.4, -0.2) is 25.8 Å². The first-order valence-electron chi connectivity index (χ1n) is 10.3. The Bertz CT molecular complexity index is 1380. The number of amides is 1. The van der Waals surface area contributed by atoms with Gasteiger partial charge in [-0.15, -0.1) is 0 Å². The van der Waals surface area contributed by atoms with E-state index in [-0.39, 0.29) is 28.7 Å². The first-order chi connectivity index (χ1) is 16.7. The summed E-state index contributed by atoms with van der Waals surface area (Å²) in [4.78, 5) is 29.2. The molecule has 1 N–H and O–H groups in total. The minimum Gasteiger partial charge on any atom is -0.435 e. The Kier molecular flexibility index (Phi) is 6.67. The van der Waals surface area contributed by atoms with E-state index in [1.165, 1.54) is 30.7 Å². The fraction of sp³-hybridized carbons (Fsp3) is 0.125. The second-order valence-electron chi connectivity index (χ2n) is 7.21. The van der Waals surface area contributed by atoms with Gasteiger partial charge in [0.15, 0.2) is 17.4 Å². The fourth-order valence-corrected chi connectivity index (χ4v) is 3.08. The van der Waals surface area contributed by atoms with Crippen molar-refractivity contribution in [3.8, 4) is 23.0 Å². The number of ether oxygens (including phenoxy) is 1. The number of carbonyl (C=O) groups excluding carboxylic acids is 1. The van der Waals surface area contributed by atoms with Gasteiger partial charge >= 0.3 is 6.18 Å². The number of pyridine rings is 1. The molecule has 0 saturated carbocycles. The monoisotopic (exact) mass is 483 g/mol. The lowest BCUT2D eigenvalue weighted by molar-refractivity contribution is -0.137. The number of aryl methyl sites for hydroxylation is 1. The molecule has 2 heterocycles. The zero-order valence-corrected chi connectivity index (χ0v) is 18.2. The van der Waals surface area contributed by atoms with E-state index in [4.69, 9.17) is 4.74 Å². The van der Waals surface area contributed by atoms with Crippen molar-refractivity contribution in [1.29, 1.82) is 0 Å². The highest BCUT2D eigenvalue weighted by Gasteiger charge is 2.30. The average Bonchev–Trinajstić information content (AvgIpc) is 2.85. The number of nitrogens with zero attached hydrogens (tertiary/aromatic N) is 4. The van der Waals surface area contributed by atoms with E-state index < -0.39 is 23.5 Å². The Labute approximate surface area is 196 Å². The predicted molar refractivity (Wildman–Crippen MR) is 118 cm³/mol. The van der Waals surface area contributed by atoms with Crippen LogP contribution in [0.1, 0.15) is 28.7 Å². The number of hydrogen-bond donors (Lipinski definition) is 1. The summed E-state index contributed by atoms with van der Waals surface area (Å²) < 4.78 is 59.0. The van der Waals surface area contributed by atoms with Gasteiger partial charge in [-0.2, -0.15) is 13.2 Å². The molecule has 0 saturated heterocycles. The summed E-state index contributed by atoms with van der Waals surface area (Å²) in [6.07, 6.45) is -1.21. The molecule has 0 spiro atoms. The molecule has 11 heteroatoms. The maximum Gasteiger partial charge on any atom is 0.416 e. The molecule has 2 aromatic carbocycles. The predicted octanol–water partition coefficient (Wildman–Crippen LogP) is 5.70. The summed E-state index contributed by atoms with van der Waals surface area (Å²) >= 11 is 0. The summed E-state index contributed by atoms with van der Waals surface area (Å²) in [7, 11) is 0. The van der Waals surface area contributed by atoms with Crippen LogP contribution >= 0.6 is 0 Å². The number of rotatable bonds is 6. The van der Waals surface area contributed by atoms with Crippen molar-refractivity contribution in [2.75, 3.05) is 5.32 Å². The maximum atomic E-state index is 14.5. The third-order valence-electron chi connectivity index (χ3n) is 4.80. The second kappa shape index (κ2) is 9.84. The lowest BCUT2D eigenvalue weighted by atomic mass is 10.1. The van der Waals surface area contributed by atoms with Gasteiger partial charge in [-0.3, -0.25) is 4.79 Å². The van der Waals surface area contributed by atoms with Crippen LogP contribution in [-0.2, 0) is 12.6 Å². The van der Waals surface area contributed by atoms with Crippen molar-refractivity contribution >= 4 is 11.6 Å². The number of benzene rings is 2. The highest BCUT2D eigenvalue weighted by Crippen LogP contribution is 2.32. The molecular formula is C24H17F4N5O2. The van der Waals surface area contributed by atoms with Gasteiger partial charge in [0.2, 0.25) is 5.88 Å². The molecule has 0 fully saturated rings. The molecule has 0 radical (unpaired) electrons. The molecule has 1 amide bonds. The molecule has 35 heavy (non-hydrogen) atoms. The molecule has 178 valence electrons. The maximum absolute atomic E-state index is 14.5. The summed E-state index contributed by atoms with van der Waals surface area (Å²) in [6, 6.07) is 10.8. The van der Waals surface area contributed by atoms with Crippen molar-refractivity contribution in [1.82, 2.24) is 19.9 Å². The Hall–Kier alpha value is -4.41. The van der Waals surface area contributed by atoms with E-state index in [1.807, 2.05) is 6.92 Å². The van der Waals surface area contributed by atoms with Crippen LogP contribution in [0.3, 0.4) is 0 Å². The largest absolute Gasteiger partial charge is 0.435 e. The van der Waals surface area contributed by atoms with Crippen molar-refractivity contribution in [3.63, 3.8) is 0 Å². The highest BCUT2D eigenvalue weighted by molar-refractivity contribution is 6.04. The first kappa shape index (κ1) is 23.7. The zero-order valence-electron chi connectivity index (χ0n) is 18.2. The molecule has 0 atom stereocenters. The highest BCUT2D eigenvalue weighted by atomic mass is 19.4. The minimum atomic E-state index is -4.56. The number of nitrogens with one attached hydrogen (secondary N) is 1. The van der Waals surface area contributed by atoms with Crippen LogP contribution in [0.4, 0.5) is 23.2 Å². The van der Waals surface area contributed by atoms with Crippen LogP contribution in [0.5, 0.6) is 11.6 Å². The average molecular weight is 483 g/mol. The van der Waals surface area contributed by atoms with Crippen molar-refractivity contribution < 1.29 is 27.1 Å². The fourth-order valence-electron chi connectivity index (χ4n) is 3.08. The number of halogens is 4. The topological polar surface area (TPSA) is 89.9 Å². The van der Waals surface area contributed by atoms with Crippen LogP contribution < -0.4 is 10.1 Å². The van der Waals surface area contributed by atoms with Gasteiger partial charge in [0, 0.05) is 23.9 Å². The number of aromatic nitrogens is 4.